The minimum atomic E-state index is -0.563. The number of carbonyl (C=O) groups excluding carboxylic acids is 2. The Morgan fingerprint density at radius 3 is 2.64 bits per heavy atom. The molecule has 2 heterocycles. The Morgan fingerprint density at radius 1 is 1.32 bits per heavy atom. The van der Waals surface area contributed by atoms with Gasteiger partial charge in [0.1, 0.15) is 5.82 Å². The number of rotatable bonds is 4. The number of hydrogen-bond donors (Lipinski definition) is 1. The number of amides is 3. The lowest BCUT2D eigenvalue weighted by Gasteiger charge is -2.39. The van der Waals surface area contributed by atoms with Crippen LogP contribution in [-0.4, -0.2) is 55.2 Å². The van der Waals surface area contributed by atoms with Crippen LogP contribution in [0.15, 0.2) is 18.2 Å². The maximum atomic E-state index is 14.2. The number of halogens is 1. The van der Waals surface area contributed by atoms with Gasteiger partial charge in [0.25, 0.3) is 5.91 Å². The molecule has 7 heteroatoms. The van der Waals surface area contributed by atoms with E-state index in [1.807, 2.05) is 13.8 Å². The number of nitrogens with one attached hydrogen (secondary N) is 1. The van der Waals surface area contributed by atoms with Gasteiger partial charge in [0.2, 0.25) is 0 Å². The Kier molecular flexibility index (Phi) is 4.94. The van der Waals surface area contributed by atoms with E-state index in [-0.39, 0.29) is 23.1 Å². The normalized spacial score (nSPS) is 19.9. The average Bonchev–Trinajstić information content (AvgIpc) is 3.01. The van der Waals surface area contributed by atoms with E-state index in [4.69, 9.17) is 4.74 Å². The lowest BCUT2D eigenvalue weighted by molar-refractivity contribution is -0.0611. The molecule has 1 N–H and O–H groups in total. The number of anilines is 1. The quantitative estimate of drug-likeness (QED) is 0.908. The van der Waals surface area contributed by atoms with E-state index in [0.29, 0.717) is 38.5 Å². The Hall–Kier alpha value is -2.15. The van der Waals surface area contributed by atoms with E-state index >= 15 is 0 Å². The van der Waals surface area contributed by atoms with E-state index in [9.17, 15) is 14.0 Å². The summed E-state index contributed by atoms with van der Waals surface area (Å²) in [6.45, 7) is 6.76. The van der Waals surface area contributed by atoms with Gasteiger partial charge in [0.15, 0.2) is 0 Å². The van der Waals surface area contributed by atoms with Crippen LogP contribution in [0.5, 0.6) is 0 Å². The molecule has 6 nitrogen and oxygen atoms in total. The van der Waals surface area contributed by atoms with Crippen molar-refractivity contribution in [3.05, 3.63) is 29.6 Å². The van der Waals surface area contributed by atoms with Crippen LogP contribution in [0.2, 0.25) is 0 Å². The number of likely N-dealkylation sites (tertiary alicyclic amines) is 1. The Labute approximate surface area is 146 Å². The first-order valence-corrected chi connectivity index (χ1v) is 8.72. The second kappa shape index (κ2) is 7.00. The topological polar surface area (TPSA) is 61.9 Å². The molecule has 0 saturated carbocycles. The summed E-state index contributed by atoms with van der Waals surface area (Å²) in [5.74, 6) is -0.899. The van der Waals surface area contributed by atoms with E-state index in [2.05, 4.69) is 5.32 Å². The second-order valence-corrected chi connectivity index (χ2v) is 6.72. The highest BCUT2D eigenvalue weighted by atomic mass is 19.1. The largest absolute Gasteiger partial charge is 0.375 e. The van der Waals surface area contributed by atoms with E-state index < -0.39 is 5.82 Å². The van der Waals surface area contributed by atoms with Gasteiger partial charge in [0, 0.05) is 38.5 Å². The van der Waals surface area contributed by atoms with E-state index in [0.717, 1.165) is 12.8 Å². The van der Waals surface area contributed by atoms with Gasteiger partial charge in [-0.05, 0) is 44.9 Å². The molecule has 2 saturated heterocycles. The van der Waals surface area contributed by atoms with Gasteiger partial charge in [-0.25, -0.2) is 9.18 Å². The van der Waals surface area contributed by atoms with Crippen LogP contribution in [0.25, 0.3) is 0 Å². The van der Waals surface area contributed by atoms with Crippen molar-refractivity contribution in [2.24, 2.45) is 0 Å². The highest BCUT2D eigenvalue weighted by Gasteiger charge is 2.33. The molecule has 1 aromatic rings. The molecule has 0 bridgehead atoms. The number of piperidine rings is 1. The highest BCUT2D eigenvalue weighted by Crippen LogP contribution is 2.28. The van der Waals surface area contributed by atoms with E-state index in [1.54, 1.807) is 4.90 Å². The molecule has 0 aliphatic carbocycles. The Morgan fingerprint density at radius 2 is 2.04 bits per heavy atom. The number of carbonyl (C=O) groups is 2. The molecule has 2 fully saturated rings. The first kappa shape index (κ1) is 17.7. The first-order chi connectivity index (χ1) is 11.9. The molecule has 0 spiro atoms. The van der Waals surface area contributed by atoms with Crippen molar-refractivity contribution >= 4 is 17.6 Å². The van der Waals surface area contributed by atoms with Crippen LogP contribution < -0.4 is 10.2 Å². The average molecular weight is 349 g/mol. The number of ether oxygens (including phenoxy) is 1. The molecule has 25 heavy (non-hydrogen) atoms. The fourth-order valence-electron chi connectivity index (χ4n) is 3.41. The minimum absolute atomic E-state index is 0.0113. The molecule has 0 aromatic heterocycles. The summed E-state index contributed by atoms with van der Waals surface area (Å²) >= 11 is 0. The zero-order valence-electron chi connectivity index (χ0n) is 14.7. The van der Waals surface area contributed by atoms with Gasteiger partial charge < -0.3 is 15.0 Å². The summed E-state index contributed by atoms with van der Waals surface area (Å²) in [6.07, 6.45) is 1.45. The Balaban J connectivity index is 1.75. The molecule has 0 unspecified atom stereocenters. The number of nitrogens with zero attached hydrogens (tertiary/aromatic N) is 2. The molecule has 2 aliphatic rings. The predicted octanol–water partition coefficient (Wildman–Crippen LogP) is 2.39. The third-order valence-corrected chi connectivity index (χ3v) is 4.95. The van der Waals surface area contributed by atoms with Gasteiger partial charge in [0.05, 0.1) is 11.2 Å². The smallest absolute Gasteiger partial charge is 0.321 e. The van der Waals surface area contributed by atoms with Crippen LogP contribution in [-0.2, 0) is 4.74 Å². The molecule has 0 atom stereocenters. The lowest BCUT2D eigenvalue weighted by atomic mass is 9.93. The zero-order valence-corrected chi connectivity index (χ0v) is 14.7. The molecule has 1 aromatic carbocycles. The zero-order chi connectivity index (χ0) is 18.0. The summed E-state index contributed by atoms with van der Waals surface area (Å²) in [7, 11) is 0. The standard InChI is InChI=1S/C18H24FN3O3/c1-3-25-18(2)6-9-21(10-7-18)16(23)14-12-13(4-5-15(14)19)22-11-8-20-17(22)24/h4-5,12H,3,6-11H2,1-2H3,(H,20,24). The van der Waals surface area contributed by atoms with Crippen molar-refractivity contribution in [2.45, 2.75) is 32.3 Å². The minimum Gasteiger partial charge on any atom is -0.375 e. The second-order valence-electron chi connectivity index (χ2n) is 6.72. The third kappa shape index (κ3) is 3.61. The first-order valence-electron chi connectivity index (χ1n) is 8.72. The van der Waals surface area contributed by atoms with Gasteiger partial charge in [-0.3, -0.25) is 9.69 Å². The van der Waals surface area contributed by atoms with Crippen molar-refractivity contribution < 1.29 is 18.7 Å². The van der Waals surface area contributed by atoms with Crippen LogP contribution in [0.3, 0.4) is 0 Å². The molecular formula is C18H24FN3O3. The molecule has 136 valence electrons. The number of benzene rings is 1. The molecule has 0 radical (unpaired) electrons. The predicted molar refractivity (Wildman–Crippen MR) is 92.3 cm³/mol. The van der Waals surface area contributed by atoms with Crippen molar-refractivity contribution in [1.82, 2.24) is 10.2 Å². The SMILES string of the molecule is CCOC1(C)CCN(C(=O)c2cc(N3CCNC3=O)ccc2F)CC1. The number of hydrogen-bond acceptors (Lipinski definition) is 3. The van der Waals surface area contributed by atoms with Crippen molar-refractivity contribution in [1.29, 1.82) is 0 Å². The third-order valence-electron chi connectivity index (χ3n) is 4.95. The summed E-state index contributed by atoms with van der Waals surface area (Å²) in [6, 6.07) is 4.02. The fourth-order valence-corrected chi connectivity index (χ4v) is 3.41. The molecule has 3 amide bonds. The molecular weight excluding hydrogens is 325 g/mol. The maximum Gasteiger partial charge on any atom is 0.321 e. The van der Waals surface area contributed by atoms with Gasteiger partial charge in [-0.15, -0.1) is 0 Å². The monoisotopic (exact) mass is 349 g/mol. The number of urea groups is 1. The van der Waals surface area contributed by atoms with Gasteiger partial charge in [-0.1, -0.05) is 0 Å². The maximum absolute atomic E-state index is 14.2. The fraction of sp³-hybridized carbons (Fsp3) is 0.556. The summed E-state index contributed by atoms with van der Waals surface area (Å²) in [5, 5.41) is 2.70. The summed E-state index contributed by atoms with van der Waals surface area (Å²) in [4.78, 5) is 27.7. The molecule has 2 aliphatic heterocycles. The van der Waals surface area contributed by atoms with Crippen LogP contribution >= 0.6 is 0 Å². The molecule has 3 rings (SSSR count). The van der Waals surface area contributed by atoms with Crippen LogP contribution in [0, 0.1) is 5.82 Å². The van der Waals surface area contributed by atoms with E-state index in [1.165, 1.54) is 23.1 Å². The van der Waals surface area contributed by atoms with Crippen molar-refractivity contribution in [3.8, 4) is 0 Å². The van der Waals surface area contributed by atoms with Crippen molar-refractivity contribution in [2.75, 3.05) is 37.7 Å². The van der Waals surface area contributed by atoms with Gasteiger partial charge in [-0.2, -0.15) is 0 Å². The van der Waals surface area contributed by atoms with Crippen LogP contribution in [0.1, 0.15) is 37.0 Å². The summed E-state index contributed by atoms with van der Waals surface area (Å²) in [5.41, 5.74) is 0.327. The van der Waals surface area contributed by atoms with Gasteiger partial charge >= 0.3 is 6.03 Å². The summed E-state index contributed by atoms with van der Waals surface area (Å²) < 4.78 is 20.0. The highest BCUT2D eigenvalue weighted by molar-refractivity contribution is 5.98. The van der Waals surface area contributed by atoms with Crippen molar-refractivity contribution in [3.63, 3.8) is 0 Å². The Bertz CT molecular complexity index is 672. The lowest BCUT2D eigenvalue weighted by Crippen LogP contribution is -2.46. The van der Waals surface area contributed by atoms with Crippen LogP contribution in [0.4, 0.5) is 14.9 Å².